The van der Waals surface area contributed by atoms with E-state index in [1.165, 1.54) is 5.56 Å². The molecular weight excluding hydrogens is 304 g/mol. The second-order valence-corrected chi connectivity index (χ2v) is 8.23. The van der Waals surface area contributed by atoms with Crippen molar-refractivity contribution < 1.29 is 14.6 Å². The van der Waals surface area contributed by atoms with Gasteiger partial charge in [-0.05, 0) is 26.3 Å². The molecule has 0 bridgehead atoms. The number of benzene rings is 1. The molecule has 1 aromatic carbocycles. The van der Waals surface area contributed by atoms with E-state index in [1.807, 2.05) is 26.8 Å². The predicted molar refractivity (Wildman–Crippen MR) is 92.5 cm³/mol. The number of rotatable bonds is 3. The fraction of sp³-hybridized carbons (Fsp3) is 0.632. The normalized spacial score (nSPS) is 27.3. The summed E-state index contributed by atoms with van der Waals surface area (Å²) >= 11 is 0. The maximum Gasteiger partial charge on any atom is 0.410 e. The minimum absolute atomic E-state index is 0.113. The molecule has 0 radical (unpaired) electrons. The summed E-state index contributed by atoms with van der Waals surface area (Å²) in [6, 6.07) is 10.4. The van der Waals surface area contributed by atoms with Crippen LogP contribution in [-0.2, 0) is 11.3 Å². The van der Waals surface area contributed by atoms with Gasteiger partial charge in [0.15, 0.2) is 0 Å². The van der Waals surface area contributed by atoms with E-state index in [-0.39, 0.29) is 18.1 Å². The van der Waals surface area contributed by atoms with Crippen LogP contribution in [0.3, 0.4) is 0 Å². The largest absolute Gasteiger partial charge is 0.444 e. The number of carbonyl (C=O) groups is 1. The van der Waals surface area contributed by atoms with E-state index in [0.29, 0.717) is 19.0 Å². The van der Waals surface area contributed by atoms with Gasteiger partial charge in [0.05, 0.1) is 6.61 Å². The third-order valence-electron chi connectivity index (χ3n) is 5.05. The summed E-state index contributed by atoms with van der Waals surface area (Å²) in [5.41, 5.74) is 0.584. The van der Waals surface area contributed by atoms with Gasteiger partial charge in [-0.3, -0.25) is 4.90 Å². The van der Waals surface area contributed by atoms with Crippen LogP contribution >= 0.6 is 0 Å². The molecule has 1 amide bonds. The highest BCUT2D eigenvalue weighted by Gasteiger charge is 2.53. The average molecular weight is 332 g/mol. The molecule has 5 heteroatoms. The molecule has 3 rings (SSSR count). The Morgan fingerprint density at radius 3 is 2.54 bits per heavy atom. The lowest BCUT2D eigenvalue weighted by atomic mass is 9.82. The van der Waals surface area contributed by atoms with Crippen LogP contribution in [0.25, 0.3) is 0 Å². The number of amides is 1. The van der Waals surface area contributed by atoms with Crippen molar-refractivity contribution in [3.63, 3.8) is 0 Å². The molecule has 132 valence electrons. The molecule has 0 aromatic heterocycles. The lowest BCUT2D eigenvalue weighted by Gasteiger charge is -2.29. The van der Waals surface area contributed by atoms with E-state index in [2.05, 4.69) is 29.2 Å². The Morgan fingerprint density at radius 2 is 1.96 bits per heavy atom. The molecule has 2 saturated heterocycles. The van der Waals surface area contributed by atoms with Gasteiger partial charge in [0.1, 0.15) is 5.60 Å². The van der Waals surface area contributed by atoms with Crippen molar-refractivity contribution in [3.8, 4) is 0 Å². The minimum Gasteiger partial charge on any atom is -0.444 e. The van der Waals surface area contributed by atoms with Crippen LogP contribution in [0, 0.1) is 11.3 Å². The van der Waals surface area contributed by atoms with Gasteiger partial charge in [-0.1, -0.05) is 30.3 Å². The first-order valence-corrected chi connectivity index (χ1v) is 8.66. The van der Waals surface area contributed by atoms with Gasteiger partial charge >= 0.3 is 6.09 Å². The van der Waals surface area contributed by atoms with Crippen molar-refractivity contribution in [2.75, 3.05) is 32.8 Å². The standard InChI is InChI=1S/C19H28N2O3/c1-18(2,3)24-17(23)21-11-16-10-20(12-19(16,13-21)14-22)9-15-7-5-4-6-8-15/h4-8,16,22H,9-14H2,1-3H3. The first kappa shape index (κ1) is 17.2. The highest BCUT2D eigenvalue weighted by atomic mass is 16.6. The molecule has 1 N–H and O–H groups in total. The van der Waals surface area contributed by atoms with E-state index < -0.39 is 5.60 Å². The van der Waals surface area contributed by atoms with Gasteiger partial charge in [-0.15, -0.1) is 0 Å². The molecule has 2 aliphatic heterocycles. The van der Waals surface area contributed by atoms with Crippen LogP contribution in [0.2, 0.25) is 0 Å². The lowest BCUT2D eigenvalue weighted by Crippen LogP contribution is -2.40. The molecule has 2 heterocycles. The van der Waals surface area contributed by atoms with Gasteiger partial charge in [0.2, 0.25) is 0 Å². The zero-order valence-electron chi connectivity index (χ0n) is 14.9. The van der Waals surface area contributed by atoms with Gasteiger partial charge in [0, 0.05) is 44.1 Å². The number of aliphatic hydroxyl groups is 1. The SMILES string of the molecule is CC(C)(C)OC(=O)N1CC2CN(Cc3ccccc3)CC2(CO)C1. The summed E-state index contributed by atoms with van der Waals surface area (Å²) < 4.78 is 5.49. The average Bonchev–Trinajstić information content (AvgIpc) is 3.00. The third kappa shape index (κ3) is 3.57. The number of hydrogen-bond acceptors (Lipinski definition) is 4. The molecule has 1 aromatic rings. The van der Waals surface area contributed by atoms with E-state index in [0.717, 1.165) is 19.6 Å². The Labute approximate surface area is 144 Å². The van der Waals surface area contributed by atoms with Gasteiger partial charge in [-0.2, -0.15) is 0 Å². The van der Waals surface area contributed by atoms with Crippen LogP contribution in [0.15, 0.2) is 30.3 Å². The highest BCUT2D eigenvalue weighted by Crippen LogP contribution is 2.43. The molecule has 0 saturated carbocycles. The number of aliphatic hydroxyl groups excluding tert-OH is 1. The Bertz CT molecular complexity index is 584. The third-order valence-corrected chi connectivity index (χ3v) is 5.05. The maximum absolute atomic E-state index is 12.3. The van der Waals surface area contributed by atoms with Gasteiger partial charge in [-0.25, -0.2) is 4.79 Å². The molecular formula is C19H28N2O3. The van der Waals surface area contributed by atoms with Gasteiger partial charge in [0.25, 0.3) is 0 Å². The van der Waals surface area contributed by atoms with Crippen molar-refractivity contribution in [2.45, 2.75) is 32.9 Å². The molecule has 2 unspecified atom stereocenters. The smallest absolute Gasteiger partial charge is 0.410 e. The number of fused-ring (bicyclic) bond motifs is 1. The molecule has 24 heavy (non-hydrogen) atoms. The topological polar surface area (TPSA) is 53.0 Å². The first-order valence-electron chi connectivity index (χ1n) is 8.66. The lowest BCUT2D eigenvalue weighted by molar-refractivity contribution is 0.0240. The van der Waals surface area contributed by atoms with Crippen LogP contribution in [-0.4, -0.2) is 59.4 Å². The maximum atomic E-state index is 12.3. The van der Waals surface area contributed by atoms with E-state index in [4.69, 9.17) is 4.74 Å². The zero-order chi connectivity index (χ0) is 17.4. The second kappa shape index (κ2) is 6.37. The monoisotopic (exact) mass is 332 g/mol. The fourth-order valence-corrected chi connectivity index (χ4v) is 3.94. The van der Waals surface area contributed by atoms with Crippen LogP contribution in [0.5, 0.6) is 0 Å². The second-order valence-electron chi connectivity index (χ2n) is 8.23. The van der Waals surface area contributed by atoms with E-state index in [9.17, 15) is 9.90 Å². The number of ether oxygens (including phenoxy) is 1. The van der Waals surface area contributed by atoms with Gasteiger partial charge < -0.3 is 14.7 Å². The van der Waals surface area contributed by atoms with Crippen LogP contribution < -0.4 is 0 Å². The summed E-state index contributed by atoms with van der Waals surface area (Å²) in [5, 5.41) is 10.0. The van der Waals surface area contributed by atoms with Crippen molar-refractivity contribution in [1.29, 1.82) is 0 Å². The summed E-state index contributed by atoms with van der Waals surface area (Å²) in [6.45, 7) is 9.63. The quantitative estimate of drug-likeness (QED) is 0.923. The molecule has 2 atom stereocenters. The predicted octanol–water partition coefficient (Wildman–Crippen LogP) is 2.35. The number of carbonyl (C=O) groups excluding carboxylic acids is 1. The zero-order valence-corrected chi connectivity index (χ0v) is 14.9. The summed E-state index contributed by atoms with van der Waals surface area (Å²) in [4.78, 5) is 16.5. The van der Waals surface area contributed by atoms with Crippen molar-refractivity contribution in [2.24, 2.45) is 11.3 Å². The van der Waals surface area contributed by atoms with Crippen molar-refractivity contribution in [3.05, 3.63) is 35.9 Å². The van der Waals surface area contributed by atoms with Crippen LogP contribution in [0.1, 0.15) is 26.3 Å². The Hall–Kier alpha value is -1.59. The number of likely N-dealkylation sites (tertiary alicyclic amines) is 2. The first-order chi connectivity index (χ1) is 11.3. The molecule has 2 aliphatic rings. The molecule has 5 nitrogen and oxygen atoms in total. The molecule has 0 aliphatic carbocycles. The summed E-state index contributed by atoms with van der Waals surface area (Å²) in [7, 11) is 0. The fourth-order valence-electron chi connectivity index (χ4n) is 3.94. The minimum atomic E-state index is -0.486. The van der Waals surface area contributed by atoms with E-state index in [1.54, 1.807) is 4.90 Å². The number of nitrogens with zero attached hydrogens (tertiary/aromatic N) is 2. The number of hydrogen-bond donors (Lipinski definition) is 1. The Morgan fingerprint density at radius 1 is 1.25 bits per heavy atom. The van der Waals surface area contributed by atoms with Crippen molar-refractivity contribution in [1.82, 2.24) is 9.80 Å². The molecule has 2 fully saturated rings. The Balaban J connectivity index is 1.63. The Kier molecular flexibility index (Phi) is 4.58. The summed E-state index contributed by atoms with van der Waals surface area (Å²) in [5.74, 6) is 0.304. The highest BCUT2D eigenvalue weighted by molar-refractivity contribution is 5.68. The van der Waals surface area contributed by atoms with Crippen molar-refractivity contribution >= 4 is 6.09 Å². The van der Waals surface area contributed by atoms with E-state index >= 15 is 0 Å². The van der Waals surface area contributed by atoms with Crippen LogP contribution in [0.4, 0.5) is 4.79 Å². The summed E-state index contributed by atoms with van der Waals surface area (Å²) in [6.07, 6.45) is -0.265. The molecule has 0 spiro atoms.